The Hall–Kier alpha value is -2.63. The average molecular weight is 472 g/mol. The molecule has 0 atom stereocenters. The fourth-order valence-corrected chi connectivity index (χ4v) is 15.4. The Kier molecular flexibility index (Phi) is 5.74. The number of hydrogen-bond donors (Lipinski definition) is 0. The van der Waals surface area contributed by atoms with E-state index in [0.717, 1.165) is 5.56 Å². The molecule has 0 aromatic heterocycles. The number of carbonyl (C=O) groups excluding carboxylic acids is 1. The van der Waals surface area contributed by atoms with Crippen LogP contribution in [0, 0.1) is 0 Å². The number of Topliss-reactive ketones (excluding diaryl/α,β-unsaturated/α-hetero) is 1. The molecule has 2 heteroatoms. The van der Waals surface area contributed by atoms with Gasteiger partial charge in [-0.3, -0.25) is 0 Å². The van der Waals surface area contributed by atoms with Gasteiger partial charge in [0.2, 0.25) is 0 Å². The SMILES string of the molecule is O=C([CH2][Sb+]([c]1ccccc1)([c]1ccccc1)[c]1ccccc1)c1ccccc1. The zero-order chi connectivity index (χ0) is 19.2. The maximum atomic E-state index is 13.4. The summed E-state index contributed by atoms with van der Waals surface area (Å²) in [6, 6.07) is 41.7. The summed E-state index contributed by atoms with van der Waals surface area (Å²) in [4.78, 5) is 13.4. The van der Waals surface area contributed by atoms with Crippen molar-refractivity contribution >= 4 is 35.1 Å². The normalized spacial score (nSPS) is 11.1. The predicted molar refractivity (Wildman–Crippen MR) is 120 cm³/mol. The van der Waals surface area contributed by atoms with Crippen molar-refractivity contribution in [3.63, 3.8) is 0 Å². The van der Waals surface area contributed by atoms with Gasteiger partial charge in [-0.15, -0.1) is 0 Å². The van der Waals surface area contributed by atoms with Gasteiger partial charge in [-0.1, -0.05) is 0 Å². The van der Waals surface area contributed by atoms with Crippen molar-refractivity contribution in [1.29, 1.82) is 0 Å². The molecule has 0 spiro atoms. The van der Waals surface area contributed by atoms with Crippen LogP contribution in [-0.2, 0) is 0 Å². The van der Waals surface area contributed by atoms with Crippen LogP contribution >= 0.6 is 0 Å². The molecule has 0 unspecified atom stereocenters. The van der Waals surface area contributed by atoms with Gasteiger partial charge >= 0.3 is 171 Å². The Balaban J connectivity index is 1.95. The first-order valence-electron chi connectivity index (χ1n) is 9.44. The monoisotopic (exact) mass is 471 g/mol. The molecule has 0 bridgehead atoms. The van der Waals surface area contributed by atoms with E-state index in [2.05, 4.69) is 72.8 Å². The van der Waals surface area contributed by atoms with Gasteiger partial charge in [0.15, 0.2) is 0 Å². The van der Waals surface area contributed by atoms with Gasteiger partial charge in [0.1, 0.15) is 0 Å². The summed E-state index contributed by atoms with van der Waals surface area (Å²) in [5.41, 5.74) is 0.795. The third kappa shape index (κ3) is 3.68. The zero-order valence-corrected chi connectivity index (χ0v) is 18.2. The van der Waals surface area contributed by atoms with Crippen LogP contribution in [0.4, 0.5) is 0 Å². The van der Waals surface area contributed by atoms with Gasteiger partial charge in [0, 0.05) is 0 Å². The minimum absolute atomic E-state index is 0.225. The molecule has 1 nitrogen and oxygen atoms in total. The Morgan fingerprint density at radius 2 is 0.821 bits per heavy atom. The van der Waals surface area contributed by atoms with Gasteiger partial charge in [-0.2, -0.15) is 0 Å². The molecule has 136 valence electrons. The van der Waals surface area contributed by atoms with E-state index in [4.69, 9.17) is 0 Å². The van der Waals surface area contributed by atoms with Gasteiger partial charge in [-0.25, -0.2) is 0 Å². The first-order chi connectivity index (χ1) is 13.8. The molecule has 4 rings (SSSR count). The number of ketones is 1. The molecule has 0 amide bonds. The average Bonchev–Trinajstić information content (AvgIpc) is 2.80. The summed E-state index contributed by atoms with van der Waals surface area (Å²) in [6.45, 7) is 0. The summed E-state index contributed by atoms with van der Waals surface area (Å²) in [7, 11) is 0. The van der Waals surface area contributed by atoms with Crippen LogP contribution < -0.4 is 10.5 Å². The van der Waals surface area contributed by atoms with Crippen LogP contribution in [0.25, 0.3) is 0 Å². The quantitative estimate of drug-likeness (QED) is 0.306. The number of hydrogen-bond acceptors (Lipinski definition) is 1. The standard InChI is InChI=1S/C8H7O.3C6H5.Sb/c1-7(9)8-5-3-2-4-6-8;3*1-2-4-6-5-3-1;/h2-6H,1H2;3*1-5H;/q;;;;+1. The molecule has 0 aliphatic rings. The number of benzene rings is 4. The van der Waals surface area contributed by atoms with E-state index >= 15 is 0 Å². The van der Waals surface area contributed by atoms with Crippen molar-refractivity contribution in [2.75, 3.05) is 0 Å². The summed E-state index contributed by atoms with van der Waals surface area (Å²) in [5, 5.41) is 0. The minimum atomic E-state index is -3.39. The number of carbonyl (C=O) groups is 1. The second kappa shape index (κ2) is 8.59. The Bertz CT molecular complexity index is 932. The molecule has 0 saturated heterocycles. The second-order valence-electron chi connectivity index (χ2n) is 6.76. The van der Waals surface area contributed by atoms with E-state index in [0.29, 0.717) is 4.37 Å². The Morgan fingerprint density at radius 1 is 0.500 bits per heavy atom. The zero-order valence-electron chi connectivity index (χ0n) is 15.6. The van der Waals surface area contributed by atoms with E-state index in [-0.39, 0.29) is 5.78 Å². The molecule has 28 heavy (non-hydrogen) atoms. The van der Waals surface area contributed by atoms with Crippen LogP contribution in [-0.4, -0.2) is 24.6 Å². The fraction of sp³-hybridized carbons (Fsp3) is 0.0385. The topological polar surface area (TPSA) is 17.1 Å². The van der Waals surface area contributed by atoms with E-state index in [9.17, 15) is 4.79 Å². The summed E-state index contributed by atoms with van der Waals surface area (Å²) in [5.74, 6) is 0.225. The third-order valence-electron chi connectivity index (χ3n) is 5.07. The van der Waals surface area contributed by atoms with Crippen LogP contribution in [0.5, 0.6) is 0 Å². The first-order valence-corrected chi connectivity index (χ1v) is 15.1. The van der Waals surface area contributed by atoms with E-state index in [1.807, 2.05) is 48.5 Å². The van der Waals surface area contributed by atoms with Crippen molar-refractivity contribution in [1.82, 2.24) is 0 Å². The van der Waals surface area contributed by atoms with Crippen molar-refractivity contribution in [3.8, 4) is 0 Å². The van der Waals surface area contributed by atoms with Crippen LogP contribution in [0.15, 0.2) is 121 Å². The molecular weight excluding hydrogens is 450 g/mol. The van der Waals surface area contributed by atoms with Crippen molar-refractivity contribution in [2.45, 2.75) is 4.37 Å². The van der Waals surface area contributed by atoms with Crippen molar-refractivity contribution in [3.05, 3.63) is 127 Å². The van der Waals surface area contributed by atoms with E-state index in [1.54, 1.807) is 0 Å². The molecule has 0 aliphatic heterocycles. The second-order valence-corrected chi connectivity index (χ2v) is 16.7. The molecule has 0 N–H and O–H groups in total. The van der Waals surface area contributed by atoms with Crippen molar-refractivity contribution < 1.29 is 4.79 Å². The Labute approximate surface area is 170 Å². The fourth-order valence-electron chi connectivity index (χ4n) is 3.70. The first kappa shape index (κ1) is 18.7. The van der Waals surface area contributed by atoms with Gasteiger partial charge in [0.25, 0.3) is 0 Å². The molecule has 0 saturated carbocycles. The van der Waals surface area contributed by atoms with Crippen molar-refractivity contribution in [2.24, 2.45) is 0 Å². The van der Waals surface area contributed by atoms with Crippen LogP contribution in [0.1, 0.15) is 10.4 Å². The maximum absolute atomic E-state index is 13.4. The summed E-state index contributed by atoms with van der Waals surface area (Å²) in [6.07, 6.45) is 0. The number of rotatable bonds is 6. The Morgan fingerprint density at radius 3 is 1.18 bits per heavy atom. The van der Waals surface area contributed by atoms with E-state index < -0.39 is 18.8 Å². The molecular formula is C26H22OSb+. The van der Waals surface area contributed by atoms with Gasteiger partial charge in [-0.05, 0) is 0 Å². The molecule has 4 aromatic rings. The van der Waals surface area contributed by atoms with Crippen LogP contribution in [0.2, 0.25) is 4.37 Å². The molecule has 0 heterocycles. The van der Waals surface area contributed by atoms with Crippen LogP contribution in [0.3, 0.4) is 0 Å². The molecule has 0 aliphatic carbocycles. The van der Waals surface area contributed by atoms with Gasteiger partial charge < -0.3 is 0 Å². The molecule has 0 fully saturated rings. The summed E-state index contributed by atoms with van der Waals surface area (Å²) >= 11 is -3.39. The predicted octanol–water partition coefficient (Wildman–Crippen LogP) is 4.04. The molecule has 4 aromatic carbocycles. The van der Waals surface area contributed by atoms with Gasteiger partial charge in [0.05, 0.1) is 0 Å². The third-order valence-corrected chi connectivity index (χ3v) is 17.3. The van der Waals surface area contributed by atoms with E-state index in [1.165, 1.54) is 10.5 Å². The molecule has 0 radical (unpaired) electrons. The summed E-state index contributed by atoms with van der Waals surface area (Å²) < 4.78 is 4.54.